The van der Waals surface area contributed by atoms with Gasteiger partial charge in [0.25, 0.3) is 11.8 Å². The molecule has 4 rings (SSSR count). The molecule has 0 saturated carbocycles. The summed E-state index contributed by atoms with van der Waals surface area (Å²) in [6.45, 7) is 1.64. The van der Waals surface area contributed by atoms with E-state index >= 15 is 0 Å². The third-order valence-corrected chi connectivity index (χ3v) is 4.86. The molecule has 0 fully saturated rings. The average Bonchev–Trinajstić information content (AvgIpc) is 2.79. The first kappa shape index (κ1) is 20.6. The second kappa shape index (κ2) is 9.86. The van der Waals surface area contributed by atoms with Gasteiger partial charge in [0.15, 0.2) is 0 Å². The Balaban J connectivity index is 1.63. The molecule has 1 aliphatic heterocycles. The standard InChI is InChI=1S/C24H23N3O4/c28-23-18-3-1-2-17(14-18)15-20-16-19(24(29)27-21-6-8-25-9-7-21)4-5-22(20)31-13-12-30-11-10-26-23/h1-9,14,16H,10-13,15H2,(H,26,28)(H,25,27,29). The predicted octanol–water partition coefficient (Wildman–Crippen LogP) is 3.06. The summed E-state index contributed by atoms with van der Waals surface area (Å²) in [7, 11) is 0. The number of hydrogen-bond donors (Lipinski definition) is 2. The minimum absolute atomic E-state index is 0.135. The Morgan fingerprint density at radius 1 is 1.00 bits per heavy atom. The Labute approximate surface area is 180 Å². The van der Waals surface area contributed by atoms with Crippen LogP contribution in [0.15, 0.2) is 67.0 Å². The topological polar surface area (TPSA) is 89.5 Å². The summed E-state index contributed by atoms with van der Waals surface area (Å²) in [6.07, 6.45) is 3.77. The molecule has 158 valence electrons. The van der Waals surface area contributed by atoms with Gasteiger partial charge in [0.05, 0.1) is 13.2 Å². The van der Waals surface area contributed by atoms with E-state index < -0.39 is 0 Å². The zero-order valence-electron chi connectivity index (χ0n) is 17.0. The first-order valence-corrected chi connectivity index (χ1v) is 10.1. The number of amides is 2. The monoisotopic (exact) mass is 417 g/mol. The van der Waals surface area contributed by atoms with E-state index in [4.69, 9.17) is 9.47 Å². The highest BCUT2D eigenvalue weighted by molar-refractivity contribution is 6.04. The molecule has 1 aliphatic rings. The molecule has 2 amide bonds. The number of benzene rings is 2. The molecule has 31 heavy (non-hydrogen) atoms. The molecule has 0 radical (unpaired) electrons. The summed E-state index contributed by atoms with van der Waals surface area (Å²) in [5.41, 5.74) is 3.59. The molecule has 2 aromatic carbocycles. The number of ether oxygens (including phenoxy) is 2. The molecular weight excluding hydrogens is 394 g/mol. The van der Waals surface area contributed by atoms with Crippen molar-refractivity contribution >= 4 is 17.5 Å². The molecule has 0 atom stereocenters. The maximum atomic E-state index is 12.7. The van der Waals surface area contributed by atoms with Gasteiger partial charge in [-0.3, -0.25) is 14.6 Å². The van der Waals surface area contributed by atoms with Crippen molar-refractivity contribution < 1.29 is 19.1 Å². The fraction of sp³-hybridized carbons (Fsp3) is 0.208. The quantitative estimate of drug-likeness (QED) is 0.669. The van der Waals surface area contributed by atoms with Crippen LogP contribution in [0.25, 0.3) is 0 Å². The summed E-state index contributed by atoms with van der Waals surface area (Å²) < 4.78 is 11.4. The number of carbonyl (C=O) groups excluding carboxylic acids is 2. The molecule has 7 heteroatoms. The van der Waals surface area contributed by atoms with Gasteiger partial charge < -0.3 is 20.1 Å². The number of pyridine rings is 1. The average molecular weight is 417 g/mol. The number of fused-ring (bicyclic) bond motifs is 3. The minimum atomic E-state index is -0.218. The lowest BCUT2D eigenvalue weighted by atomic mass is 9.99. The molecule has 0 saturated heterocycles. The number of nitrogens with one attached hydrogen (secondary N) is 2. The van der Waals surface area contributed by atoms with Gasteiger partial charge in [-0.1, -0.05) is 12.1 Å². The maximum Gasteiger partial charge on any atom is 0.255 e. The molecule has 3 aromatic rings. The van der Waals surface area contributed by atoms with E-state index in [2.05, 4.69) is 15.6 Å². The van der Waals surface area contributed by atoms with Gasteiger partial charge in [-0.15, -0.1) is 0 Å². The van der Waals surface area contributed by atoms with E-state index in [9.17, 15) is 9.59 Å². The van der Waals surface area contributed by atoms with E-state index in [0.717, 1.165) is 11.1 Å². The Morgan fingerprint density at radius 2 is 1.87 bits per heavy atom. The largest absolute Gasteiger partial charge is 0.491 e. The molecule has 2 bridgehead atoms. The number of nitrogens with zero attached hydrogens (tertiary/aromatic N) is 1. The molecule has 2 heterocycles. The van der Waals surface area contributed by atoms with Crippen molar-refractivity contribution in [2.75, 3.05) is 31.7 Å². The Kier molecular flexibility index (Phi) is 6.54. The molecule has 1 aromatic heterocycles. The van der Waals surface area contributed by atoms with Crippen LogP contribution in [-0.2, 0) is 11.2 Å². The fourth-order valence-electron chi connectivity index (χ4n) is 3.33. The third-order valence-electron chi connectivity index (χ3n) is 4.86. The van der Waals surface area contributed by atoms with Gasteiger partial charge >= 0.3 is 0 Å². The number of rotatable bonds is 2. The summed E-state index contributed by atoms with van der Waals surface area (Å²) >= 11 is 0. The van der Waals surface area contributed by atoms with E-state index in [0.29, 0.717) is 55.4 Å². The second-order valence-corrected chi connectivity index (χ2v) is 7.11. The lowest BCUT2D eigenvalue weighted by molar-refractivity contribution is 0.0865. The van der Waals surface area contributed by atoms with Gasteiger partial charge in [-0.05, 0) is 53.6 Å². The first-order chi connectivity index (χ1) is 15.2. The van der Waals surface area contributed by atoms with Crippen molar-refractivity contribution in [3.8, 4) is 5.75 Å². The van der Waals surface area contributed by atoms with Gasteiger partial charge in [-0.25, -0.2) is 0 Å². The number of hydrogen-bond acceptors (Lipinski definition) is 5. The van der Waals surface area contributed by atoms with Crippen LogP contribution < -0.4 is 15.4 Å². The SMILES string of the molecule is O=C1NCCOCCOc2ccc(C(=O)Nc3ccncc3)cc2Cc2cccc1c2. The predicted molar refractivity (Wildman–Crippen MR) is 117 cm³/mol. The van der Waals surface area contributed by atoms with Crippen LogP contribution in [0.1, 0.15) is 31.8 Å². The highest BCUT2D eigenvalue weighted by Crippen LogP contribution is 2.25. The lowest BCUT2D eigenvalue weighted by Gasteiger charge is -2.15. The summed E-state index contributed by atoms with van der Waals surface area (Å²) in [5, 5.41) is 5.72. The third kappa shape index (κ3) is 5.46. The second-order valence-electron chi connectivity index (χ2n) is 7.11. The van der Waals surface area contributed by atoms with Crippen LogP contribution in [0.5, 0.6) is 5.75 Å². The molecule has 7 nitrogen and oxygen atoms in total. The zero-order chi connectivity index (χ0) is 21.5. The number of carbonyl (C=O) groups is 2. The van der Waals surface area contributed by atoms with Crippen LogP contribution in [0.4, 0.5) is 5.69 Å². The van der Waals surface area contributed by atoms with E-state index in [1.807, 2.05) is 24.3 Å². The van der Waals surface area contributed by atoms with E-state index in [-0.39, 0.29) is 11.8 Å². The van der Waals surface area contributed by atoms with Crippen LogP contribution in [0.3, 0.4) is 0 Å². The zero-order valence-corrected chi connectivity index (χ0v) is 17.0. The van der Waals surface area contributed by atoms with Crippen molar-refractivity contribution in [3.05, 3.63) is 89.2 Å². The minimum Gasteiger partial charge on any atom is -0.491 e. The molecule has 0 unspecified atom stereocenters. The van der Waals surface area contributed by atoms with Gasteiger partial charge in [-0.2, -0.15) is 0 Å². The van der Waals surface area contributed by atoms with Gasteiger partial charge in [0.1, 0.15) is 12.4 Å². The van der Waals surface area contributed by atoms with Crippen LogP contribution >= 0.6 is 0 Å². The highest BCUT2D eigenvalue weighted by atomic mass is 16.5. The first-order valence-electron chi connectivity index (χ1n) is 10.1. The van der Waals surface area contributed by atoms with Crippen molar-refractivity contribution in [3.63, 3.8) is 0 Å². The van der Waals surface area contributed by atoms with Crippen LogP contribution in [0.2, 0.25) is 0 Å². The van der Waals surface area contributed by atoms with Crippen molar-refractivity contribution in [2.45, 2.75) is 6.42 Å². The van der Waals surface area contributed by atoms with Gasteiger partial charge in [0, 0.05) is 42.2 Å². The van der Waals surface area contributed by atoms with Crippen LogP contribution in [0, 0.1) is 0 Å². The van der Waals surface area contributed by atoms with Crippen molar-refractivity contribution in [1.29, 1.82) is 0 Å². The maximum absolute atomic E-state index is 12.7. The van der Waals surface area contributed by atoms with Crippen molar-refractivity contribution in [1.82, 2.24) is 10.3 Å². The lowest BCUT2D eigenvalue weighted by Crippen LogP contribution is -2.28. The molecule has 2 N–H and O–H groups in total. The van der Waals surface area contributed by atoms with Gasteiger partial charge in [0.2, 0.25) is 0 Å². The Hall–Kier alpha value is -3.71. The summed E-state index contributed by atoms with van der Waals surface area (Å²) in [5.74, 6) is 0.338. The van der Waals surface area contributed by atoms with Crippen molar-refractivity contribution in [2.24, 2.45) is 0 Å². The normalized spacial score (nSPS) is 14.4. The summed E-state index contributed by atoms with van der Waals surface area (Å²) in [4.78, 5) is 29.1. The highest BCUT2D eigenvalue weighted by Gasteiger charge is 2.14. The number of aromatic nitrogens is 1. The van der Waals surface area contributed by atoms with E-state index in [1.165, 1.54) is 0 Å². The Morgan fingerprint density at radius 3 is 2.74 bits per heavy atom. The molecule has 0 spiro atoms. The Bertz CT molecular complexity index is 1070. The molecule has 0 aliphatic carbocycles. The molecular formula is C24H23N3O4. The number of anilines is 1. The smallest absolute Gasteiger partial charge is 0.255 e. The van der Waals surface area contributed by atoms with Crippen LogP contribution in [-0.4, -0.2) is 43.2 Å². The summed E-state index contributed by atoms with van der Waals surface area (Å²) in [6, 6.07) is 16.3. The fourth-order valence-corrected chi connectivity index (χ4v) is 3.33. The van der Waals surface area contributed by atoms with E-state index in [1.54, 1.807) is 42.7 Å².